The molecule has 2 aromatic carbocycles. The molecule has 0 spiro atoms. The molecule has 2 amide bonds. The molecule has 3 rings (SSSR count). The summed E-state index contributed by atoms with van der Waals surface area (Å²) in [6, 6.07) is 12.3. The number of benzene rings is 2. The van der Waals surface area contributed by atoms with Crippen molar-refractivity contribution in [2.24, 2.45) is 5.41 Å². The first-order valence-corrected chi connectivity index (χ1v) is 9.41. The Bertz CT molecular complexity index is 1010. The summed E-state index contributed by atoms with van der Waals surface area (Å²) < 4.78 is 2.39. The lowest BCUT2D eigenvalue weighted by Gasteiger charge is -2.18. The van der Waals surface area contributed by atoms with Crippen LogP contribution in [0.15, 0.2) is 59.6 Å². The van der Waals surface area contributed by atoms with Gasteiger partial charge >= 0.3 is 0 Å². The Hall–Kier alpha value is -3.00. The highest BCUT2D eigenvalue weighted by molar-refractivity contribution is 9.10. The van der Waals surface area contributed by atoms with Gasteiger partial charge in [-0.2, -0.15) is 5.10 Å². The minimum absolute atomic E-state index is 0.120. The summed E-state index contributed by atoms with van der Waals surface area (Å²) in [4.78, 5) is 28.9. The van der Waals surface area contributed by atoms with Gasteiger partial charge in [0.1, 0.15) is 12.7 Å². The van der Waals surface area contributed by atoms with Crippen LogP contribution in [-0.4, -0.2) is 26.6 Å². The molecule has 0 saturated carbocycles. The van der Waals surface area contributed by atoms with Gasteiger partial charge in [-0.3, -0.25) is 9.59 Å². The van der Waals surface area contributed by atoms with Crippen LogP contribution < -0.4 is 10.6 Å². The molecule has 0 fully saturated rings. The van der Waals surface area contributed by atoms with Crippen LogP contribution in [0.3, 0.4) is 0 Å². The lowest BCUT2D eigenvalue weighted by atomic mass is 9.95. The number of aromatic nitrogens is 3. The first-order valence-electron chi connectivity index (χ1n) is 8.61. The average Bonchev–Trinajstić information content (AvgIpc) is 3.15. The van der Waals surface area contributed by atoms with E-state index in [1.807, 2.05) is 32.9 Å². The highest BCUT2D eigenvalue weighted by atomic mass is 79.9. The molecule has 7 nitrogen and oxygen atoms in total. The normalized spacial score (nSPS) is 11.1. The van der Waals surface area contributed by atoms with Gasteiger partial charge in [-0.25, -0.2) is 9.67 Å². The Morgan fingerprint density at radius 1 is 1.07 bits per heavy atom. The SMILES string of the molecule is CC(C)(C)C(=O)Nc1cccc(C(=O)Nc2cc(Br)ccc2-n2cncn2)c1. The fourth-order valence-corrected chi connectivity index (χ4v) is 2.75. The third kappa shape index (κ3) is 4.64. The van der Waals surface area contributed by atoms with Crippen molar-refractivity contribution in [1.82, 2.24) is 14.8 Å². The van der Waals surface area contributed by atoms with Crippen LogP contribution in [-0.2, 0) is 4.79 Å². The van der Waals surface area contributed by atoms with E-state index in [1.54, 1.807) is 41.3 Å². The van der Waals surface area contributed by atoms with E-state index in [2.05, 4.69) is 36.6 Å². The van der Waals surface area contributed by atoms with E-state index in [-0.39, 0.29) is 11.8 Å². The number of nitrogens with zero attached hydrogens (tertiary/aromatic N) is 3. The van der Waals surface area contributed by atoms with Crippen molar-refractivity contribution in [2.45, 2.75) is 20.8 Å². The maximum absolute atomic E-state index is 12.8. The van der Waals surface area contributed by atoms with E-state index < -0.39 is 5.41 Å². The maximum atomic E-state index is 12.8. The molecular formula is C20H20BrN5O2. The second kappa shape index (κ2) is 7.93. The number of carbonyl (C=O) groups is 2. The van der Waals surface area contributed by atoms with Crippen molar-refractivity contribution in [1.29, 1.82) is 0 Å². The Kier molecular flexibility index (Phi) is 5.60. The van der Waals surface area contributed by atoms with Gasteiger partial charge < -0.3 is 10.6 Å². The number of halogens is 1. The van der Waals surface area contributed by atoms with Gasteiger partial charge in [0, 0.05) is 21.1 Å². The second-order valence-electron chi connectivity index (χ2n) is 7.24. The summed E-state index contributed by atoms with van der Waals surface area (Å²) in [5.41, 5.74) is 1.73. The molecule has 28 heavy (non-hydrogen) atoms. The molecule has 0 aliphatic carbocycles. The Morgan fingerprint density at radius 2 is 1.86 bits per heavy atom. The lowest BCUT2D eigenvalue weighted by Crippen LogP contribution is -2.27. The Balaban J connectivity index is 1.84. The largest absolute Gasteiger partial charge is 0.326 e. The predicted octanol–water partition coefficient (Wildman–Crippen LogP) is 4.27. The van der Waals surface area contributed by atoms with E-state index in [0.29, 0.717) is 22.6 Å². The molecule has 0 radical (unpaired) electrons. The monoisotopic (exact) mass is 441 g/mol. The summed E-state index contributed by atoms with van der Waals surface area (Å²) in [6.07, 6.45) is 2.98. The molecule has 3 aromatic rings. The van der Waals surface area contributed by atoms with Crippen molar-refractivity contribution in [3.8, 4) is 5.69 Å². The molecule has 0 atom stereocenters. The van der Waals surface area contributed by atoms with E-state index in [0.717, 1.165) is 4.47 Å². The summed E-state index contributed by atoms with van der Waals surface area (Å²) >= 11 is 3.42. The van der Waals surface area contributed by atoms with Crippen molar-refractivity contribution < 1.29 is 9.59 Å². The molecule has 0 bridgehead atoms. The number of carbonyl (C=O) groups excluding carboxylic acids is 2. The van der Waals surface area contributed by atoms with Gasteiger partial charge in [-0.15, -0.1) is 0 Å². The maximum Gasteiger partial charge on any atom is 0.255 e. The van der Waals surface area contributed by atoms with Crippen molar-refractivity contribution >= 4 is 39.1 Å². The molecule has 144 valence electrons. The number of anilines is 2. The third-order valence-corrected chi connectivity index (χ3v) is 4.43. The van der Waals surface area contributed by atoms with Gasteiger partial charge in [0.25, 0.3) is 5.91 Å². The number of hydrogen-bond donors (Lipinski definition) is 2. The number of amides is 2. The minimum Gasteiger partial charge on any atom is -0.326 e. The van der Waals surface area contributed by atoms with E-state index in [4.69, 9.17) is 0 Å². The van der Waals surface area contributed by atoms with Crippen molar-refractivity contribution in [2.75, 3.05) is 10.6 Å². The van der Waals surface area contributed by atoms with Crippen LogP contribution in [0.5, 0.6) is 0 Å². The molecule has 8 heteroatoms. The highest BCUT2D eigenvalue weighted by Crippen LogP contribution is 2.25. The van der Waals surface area contributed by atoms with E-state index in [1.165, 1.54) is 6.33 Å². The zero-order chi connectivity index (χ0) is 20.3. The van der Waals surface area contributed by atoms with Crippen LogP contribution in [0.1, 0.15) is 31.1 Å². The van der Waals surface area contributed by atoms with Crippen LogP contribution >= 0.6 is 15.9 Å². The predicted molar refractivity (Wildman–Crippen MR) is 112 cm³/mol. The zero-order valence-electron chi connectivity index (χ0n) is 15.7. The summed E-state index contributed by atoms with van der Waals surface area (Å²) in [5.74, 6) is -0.420. The summed E-state index contributed by atoms with van der Waals surface area (Å²) in [5, 5.41) is 9.85. The van der Waals surface area contributed by atoms with Crippen LogP contribution in [0.2, 0.25) is 0 Å². The number of nitrogens with one attached hydrogen (secondary N) is 2. The highest BCUT2D eigenvalue weighted by Gasteiger charge is 2.21. The quantitative estimate of drug-likeness (QED) is 0.632. The first kappa shape index (κ1) is 19.8. The second-order valence-corrected chi connectivity index (χ2v) is 8.16. The third-order valence-electron chi connectivity index (χ3n) is 3.94. The fourth-order valence-electron chi connectivity index (χ4n) is 2.39. The van der Waals surface area contributed by atoms with Crippen LogP contribution in [0.25, 0.3) is 5.69 Å². The van der Waals surface area contributed by atoms with Gasteiger partial charge in [-0.05, 0) is 36.4 Å². The molecule has 0 aliphatic heterocycles. The minimum atomic E-state index is -0.527. The first-order chi connectivity index (χ1) is 13.2. The van der Waals surface area contributed by atoms with Gasteiger partial charge in [-0.1, -0.05) is 42.8 Å². The van der Waals surface area contributed by atoms with Crippen molar-refractivity contribution in [3.05, 3.63) is 65.2 Å². The standard InChI is InChI=1S/C20H20BrN5O2/c1-20(2,3)19(28)24-15-6-4-5-13(9-15)18(27)25-16-10-14(21)7-8-17(16)26-12-22-11-23-26/h4-12H,1-3H3,(H,24,28)(H,25,27). The molecule has 1 heterocycles. The number of hydrogen-bond acceptors (Lipinski definition) is 4. The zero-order valence-corrected chi connectivity index (χ0v) is 17.3. The Labute approximate surface area is 171 Å². The Morgan fingerprint density at radius 3 is 2.54 bits per heavy atom. The smallest absolute Gasteiger partial charge is 0.255 e. The van der Waals surface area contributed by atoms with Crippen molar-refractivity contribution in [3.63, 3.8) is 0 Å². The van der Waals surface area contributed by atoms with Crippen LogP contribution in [0, 0.1) is 5.41 Å². The summed E-state index contributed by atoms with van der Waals surface area (Å²) in [7, 11) is 0. The molecular weight excluding hydrogens is 422 g/mol. The average molecular weight is 442 g/mol. The van der Waals surface area contributed by atoms with E-state index in [9.17, 15) is 9.59 Å². The van der Waals surface area contributed by atoms with E-state index >= 15 is 0 Å². The van der Waals surface area contributed by atoms with Gasteiger partial charge in [0.2, 0.25) is 5.91 Å². The molecule has 0 unspecified atom stereocenters. The fraction of sp³-hybridized carbons (Fsp3) is 0.200. The van der Waals surface area contributed by atoms with Gasteiger partial charge in [0.15, 0.2) is 0 Å². The topological polar surface area (TPSA) is 88.9 Å². The molecule has 0 aliphatic rings. The van der Waals surface area contributed by atoms with Gasteiger partial charge in [0.05, 0.1) is 11.4 Å². The van der Waals surface area contributed by atoms with Crippen LogP contribution in [0.4, 0.5) is 11.4 Å². The number of rotatable bonds is 4. The lowest BCUT2D eigenvalue weighted by molar-refractivity contribution is -0.123. The summed E-state index contributed by atoms with van der Waals surface area (Å²) in [6.45, 7) is 5.49. The molecule has 2 N–H and O–H groups in total. The molecule has 1 aromatic heterocycles. The molecule has 0 saturated heterocycles.